The molecule has 0 aromatic rings. The van der Waals surface area contributed by atoms with Crippen LogP contribution in [0.15, 0.2) is 0 Å². The number of Topliss-reactive ketones (excluding diaryl/α,β-unsaturated/α-hetero) is 1. The zero-order valence-corrected chi connectivity index (χ0v) is 10.2. The molecule has 1 amide bonds. The summed E-state index contributed by atoms with van der Waals surface area (Å²) in [6, 6.07) is 0. The molecule has 0 aromatic heterocycles. The van der Waals surface area contributed by atoms with Gasteiger partial charge in [0.2, 0.25) is 0 Å². The maximum absolute atomic E-state index is 11.2. The number of ketones is 1. The van der Waals surface area contributed by atoms with Crippen LogP contribution in [0.5, 0.6) is 0 Å². The lowest BCUT2D eigenvalue weighted by Gasteiger charge is -2.29. The van der Waals surface area contributed by atoms with Crippen LogP contribution in [0.3, 0.4) is 0 Å². The second-order valence-corrected chi connectivity index (χ2v) is 4.61. The largest absolute Gasteiger partial charge is 0.412 e. The van der Waals surface area contributed by atoms with Gasteiger partial charge in [-0.3, -0.25) is 9.59 Å². The van der Waals surface area contributed by atoms with Gasteiger partial charge in [-0.15, -0.1) is 0 Å². The lowest BCUT2D eigenvalue weighted by atomic mass is 9.75. The summed E-state index contributed by atoms with van der Waals surface area (Å²) in [4.78, 5) is 32.6. The Kier molecular flexibility index (Phi) is 5.14. The summed E-state index contributed by atoms with van der Waals surface area (Å²) < 4.78 is 4.20. The van der Waals surface area contributed by atoms with Crippen molar-refractivity contribution in [2.45, 2.75) is 40.5 Å². The van der Waals surface area contributed by atoms with Gasteiger partial charge in [0.05, 0.1) is 0 Å². The lowest BCUT2D eigenvalue weighted by molar-refractivity contribution is -0.138. The van der Waals surface area contributed by atoms with Gasteiger partial charge in [-0.05, 0) is 18.8 Å². The Morgan fingerprint density at radius 3 is 2.19 bits per heavy atom. The quantitative estimate of drug-likeness (QED) is 0.573. The second kappa shape index (κ2) is 5.63. The van der Waals surface area contributed by atoms with E-state index in [1.165, 1.54) is 6.92 Å². The number of rotatable bonds is 5. The molecule has 5 heteroatoms. The number of carbonyl (C=O) groups excluding carboxylic acids is 3. The zero-order chi connectivity index (χ0) is 12.9. The van der Waals surface area contributed by atoms with Crippen LogP contribution in [0.25, 0.3) is 0 Å². The molecule has 0 heterocycles. The monoisotopic (exact) mass is 229 g/mol. The van der Waals surface area contributed by atoms with Crippen LogP contribution in [0.2, 0.25) is 0 Å². The highest BCUT2D eigenvalue weighted by atomic mass is 16.6. The molecule has 0 aliphatic carbocycles. The highest BCUT2D eigenvalue weighted by Crippen LogP contribution is 2.32. The van der Waals surface area contributed by atoms with Crippen LogP contribution in [-0.4, -0.2) is 17.8 Å². The van der Waals surface area contributed by atoms with Crippen molar-refractivity contribution >= 4 is 17.8 Å². The molecular weight excluding hydrogens is 210 g/mol. The number of hydrogen-bond acceptors (Lipinski definition) is 4. The van der Waals surface area contributed by atoms with Crippen molar-refractivity contribution < 1.29 is 19.1 Å². The predicted molar refractivity (Wildman–Crippen MR) is 58.5 cm³/mol. The van der Waals surface area contributed by atoms with Gasteiger partial charge in [0.15, 0.2) is 0 Å². The van der Waals surface area contributed by atoms with Crippen molar-refractivity contribution in [1.82, 2.24) is 0 Å². The Morgan fingerprint density at radius 2 is 1.81 bits per heavy atom. The first-order valence-electron chi connectivity index (χ1n) is 5.17. The summed E-state index contributed by atoms with van der Waals surface area (Å²) in [6.07, 6.45) is -0.546. The molecule has 2 N–H and O–H groups in total. The number of primary amides is 1. The summed E-state index contributed by atoms with van der Waals surface area (Å²) in [5.74, 6) is -0.724. The predicted octanol–water partition coefficient (Wildman–Crippen LogP) is 1.64. The number of hydrogen-bond donors (Lipinski definition) is 1. The fourth-order valence-corrected chi connectivity index (χ4v) is 1.35. The summed E-state index contributed by atoms with van der Waals surface area (Å²) in [7, 11) is 0. The molecular formula is C11H19NO4. The third kappa shape index (κ3) is 4.91. The van der Waals surface area contributed by atoms with E-state index in [4.69, 9.17) is 5.73 Å². The zero-order valence-electron chi connectivity index (χ0n) is 10.2. The molecule has 0 aromatic carbocycles. The molecule has 1 unspecified atom stereocenters. The SMILES string of the molecule is CC(=O)C(C)C(C)(C)CCC(=O)OC(N)=O. The molecule has 0 saturated carbocycles. The standard InChI is InChI=1S/C11H19NO4/c1-7(8(2)13)11(3,4)6-5-9(14)16-10(12)15/h7H,5-6H2,1-4H3,(H2,12,15). The minimum absolute atomic E-state index is 0.0769. The van der Waals surface area contributed by atoms with Gasteiger partial charge in [0, 0.05) is 12.3 Å². The number of nitrogens with two attached hydrogens (primary N) is 1. The Labute approximate surface area is 95.3 Å². The first-order valence-corrected chi connectivity index (χ1v) is 5.17. The molecule has 0 rings (SSSR count). The fraction of sp³-hybridized carbons (Fsp3) is 0.727. The Hall–Kier alpha value is -1.39. The fourth-order valence-electron chi connectivity index (χ4n) is 1.35. The molecule has 0 bridgehead atoms. The minimum Gasteiger partial charge on any atom is -0.376 e. The average Bonchev–Trinajstić information content (AvgIpc) is 2.12. The van der Waals surface area contributed by atoms with Crippen LogP contribution < -0.4 is 5.73 Å². The Balaban J connectivity index is 4.23. The molecule has 16 heavy (non-hydrogen) atoms. The van der Waals surface area contributed by atoms with Crippen molar-refractivity contribution in [2.24, 2.45) is 17.1 Å². The van der Waals surface area contributed by atoms with Gasteiger partial charge in [0.25, 0.3) is 0 Å². The maximum atomic E-state index is 11.2. The first kappa shape index (κ1) is 14.6. The summed E-state index contributed by atoms with van der Waals surface area (Å²) in [5, 5.41) is 0. The Bertz CT molecular complexity index is 296. The van der Waals surface area contributed by atoms with Gasteiger partial charge in [0.1, 0.15) is 5.78 Å². The van der Waals surface area contributed by atoms with E-state index in [1.54, 1.807) is 0 Å². The van der Waals surface area contributed by atoms with Crippen molar-refractivity contribution in [2.75, 3.05) is 0 Å². The number of amides is 1. The van der Waals surface area contributed by atoms with Crippen molar-refractivity contribution in [3.63, 3.8) is 0 Å². The van der Waals surface area contributed by atoms with Gasteiger partial charge in [-0.2, -0.15) is 0 Å². The molecule has 5 nitrogen and oxygen atoms in total. The lowest BCUT2D eigenvalue weighted by Crippen LogP contribution is -2.28. The van der Waals surface area contributed by atoms with Crippen LogP contribution in [-0.2, 0) is 14.3 Å². The number of ether oxygens (including phenoxy) is 1. The third-order valence-corrected chi connectivity index (χ3v) is 2.97. The molecule has 0 fully saturated rings. The highest BCUT2D eigenvalue weighted by Gasteiger charge is 2.29. The molecule has 1 atom stereocenters. The van der Waals surface area contributed by atoms with Crippen LogP contribution in [0.1, 0.15) is 40.5 Å². The van der Waals surface area contributed by atoms with E-state index in [2.05, 4.69) is 4.74 Å². The maximum Gasteiger partial charge on any atom is 0.412 e. The molecule has 92 valence electrons. The highest BCUT2D eigenvalue weighted by molar-refractivity contribution is 5.83. The molecule has 0 saturated heterocycles. The summed E-state index contributed by atoms with van der Waals surface area (Å²) in [6.45, 7) is 7.14. The van der Waals surface area contributed by atoms with E-state index in [0.29, 0.717) is 6.42 Å². The van der Waals surface area contributed by atoms with Crippen LogP contribution in [0.4, 0.5) is 4.79 Å². The van der Waals surface area contributed by atoms with Crippen LogP contribution >= 0.6 is 0 Å². The topological polar surface area (TPSA) is 86.5 Å². The van der Waals surface area contributed by atoms with Crippen LogP contribution in [0, 0.1) is 11.3 Å². The van der Waals surface area contributed by atoms with Gasteiger partial charge < -0.3 is 10.5 Å². The molecule has 0 aliphatic rings. The molecule has 0 spiro atoms. The van der Waals surface area contributed by atoms with E-state index < -0.39 is 12.1 Å². The average molecular weight is 229 g/mol. The summed E-state index contributed by atoms with van der Waals surface area (Å²) >= 11 is 0. The van der Waals surface area contributed by atoms with Gasteiger partial charge >= 0.3 is 12.1 Å². The molecule has 0 aliphatic heterocycles. The van der Waals surface area contributed by atoms with E-state index in [-0.39, 0.29) is 23.5 Å². The van der Waals surface area contributed by atoms with Gasteiger partial charge in [-0.1, -0.05) is 20.8 Å². The normalized spacial score (nSPS) is 13.0. The third-order valence-electron chi connectivity index (χ3n) is 2.97. The van der Waals surface area contributed by atoms with E-state index in [1.807, 2.05) is 20.8 Å². The van der Waals surface area contributed by atoms with Crippen molar-refractivity contribution in [3.05, 3.63) is 0 Å². The smallest absolute Gasteiger partial charge is 0.376 e. The Morgan fingerprint density at radius 1 is 1.31 bits per heavy atom. The van der Waals surface area contributed by atoms with Crippen molar-refractivity contribution in [3.8, 4) is 0 Å². The number of carbonyl (C=O) groups is 3. The summed E-state index contributed by atoms with van der Waals surface area (Å²) in [5.41, 5.74) is 4.40. The minimum atomic E-state index is -1.09. The second-order valence-electron chi connectivity index (χ2n) is 4.61. The van der Waals surface area contributed by atoms with Crippen molar-refractivity contribution in [1.29, 1.82) is 0 Å². The first-order chi connectivity index (χ1) is 7.16. The molecule has 0 radical (unpaired) electrons. The number of esters is 1. The van der Waals surface area contributed by atoms with Gasteiger partial charge in [-0.25, -0.2) is 4.79 Å². The van der Waals surface area contributed by atoms with E-state index in [9.17, 15) is 14.4 Å². The van der Waals surface area contributed by atoms with E-state index >= 15 is 0 Å². The van der Waals surface area contributed by atoms with E-state index in [0.717, 1.165) is 0 Å².